The molecule has 0 saturated carbocycles. The number of nitro benzene ring substituents is 1. The number of para-hydroxylation sites is 1. The summed E-state index contributed by atoms with van der Waals surface area (Å²) in [5.41, 5.74) is -0.193. The lowest BCUT2D eigenvalue weighted by atomic mass is 10.2. The fourth-order valence-electron chi connectivity index (χ4n) is 1.82. The van der Waals surface area contributed by atoms with Crippen LogP contribution < -0.4 is 14.4 Å². The summed E-state index contributed by atoms with van der Waals surface area (Å²) < 4.78 is 10.1. The first kappa shape index (κ1) is 19.6. The molecule has 2 aromatic rings. The van der Waals surface area contributed by atoms with Gasteiger partial charge >= 0.3 is 6.09 Å². The zero-order valence-corrected chi connectivity index (χ0v) is 14.0. The molecule has 132 valence electrons. The molecule has 0 heterocycles. The molecule has 0 aliphatic carbocycles. The zero-order chi connectivity index (χ0) is 18.8. The Bertz CT molecular complexity index is 733. The van der Waals surface area contributed by atoms with Gasteiger partial charge in [0.05, 0.1) is 23.8 Å². The van der Waals surface area contributed by atoms with Crippen LogP contribution in [0.1, 0.15) is 13.8 Å². The lowest BCUT2D eigenvalue weighted by Gasteiger charge is -2.17. The molecule has 0 saturated heterocycles. The number of amides is 2. The summed E-state index contributed by atoms with van der Waals surface area (Å²) in [7, 11) is 1.27. The summed E-state index contributed by atoms with van der Waals surface area (Å²) >= 11 is 0. The van der Waals surface area contributed by atoms with Crippen LogP contribution in [0.5, 0.6) is 11.5 Å². The number of non-ortho nitro benzene ring substituents is 1. The highest BCUT2D eigenvalue weighted by Crippen LogP contribution is 2.32. The lowest BCUT2D eigenvalue weighted by molar-refractivity contribution is -0.384. The quantitative estimate of drug-likeness (QED) is 0.464. The Labute approximate surface area is 144 Å². The third kappa shape index (κ3) is 5.03. The number of carbonyl (C=O) groups is 2. The van der Waals surface area contributed by atoms with Crippen molar-refractivity contribution in [1.82, 2.24) is 0 Å². The Morgan fingerprint density at radius 2 is 1.80 bits per heavy atom. The normalized spacial score (nSPS) is 9.24. The molecule has 2 rings (SSSR count). The fourth-order valence-corrected chi connectivity index (χ4v) is 1.82. The molecule has 0 unspecified atom stereocenters. The van der Waals surface area contributed by atoms with Gasteiger partial charge < -0.3 is 9.47 Å². The van der Waals surface area contributed by atoms with E-state index in [1.165, 1.54) is 13.2 Å². The molecular formula is C17H18N2O6. The molecule has 2 aromatic carbocycles. The van der Waals surface area contributed by atoms with Gasteiger partial charge in [-0.3, -0.25) is 14.9 Å². The van der Waals surface area contributed by atoms with E-state index in [1.54, 1.807) is 30.3 Å². The van der Waals surface area contributed by atoms with E-state index in [2.05, 4.69) is 0 Å². The van der Waals surface area contributed by atoms with Crippen molar-refractivity contribution in [3.8, 4) is 11.5 Å². The molecule has 0 aliphatic rings. The fraction of sp³-hybridized carbons (Fsp3) is 0.176. The summed E-state index contributed by atoms with van der Waals surface area (Å²) in [6.45, 7) is 4.00. The molecule has 25 heavy (non-hydrogen) atoms. The smallest absolute Gasteiger partial charge is 0.426 e. The van der Waals surface area contributed by atoms with Crippen LogP contribution >= 0.6 is 0 Å². The van der Waals surface area contributed by atoms with Crippen LogP contribution in [0.25, 0.3) is 0 Å². The average molecular weight is 346 g/mol. The van der Waals surface area contributed by atoms with Crippen molar-refractivity contribution in [1.29, 1.82) is 0 Å². The Hall–Kier alpha value is -3.42. The van der Waals surface area contributed by atoms with Gasteiger partial charge in [-0.1, -0.05) is 32.0 Å². The molecule has 0 radical (unpaired) electrons. The van der Waals surface area contributed by atoms with Gasteiger partial charge in [-0.2, -0.15) is 0 Å². The highest BCUT2D eigenvalue weighted by molar-refractivity contribution is 6.05. The van der Waals surface area contributed by atoms with E-state index in [4.69, 9.17) is 9.47 Å². The molecule has 2 amide bonds. The van der Waals surface area contributed by atoms with Gasteiger partial charge in [-0.15, -0.1) is 0 Å². The molecule has 0 spiro atoms. The molecule has 0 aromatic heterocycles. The molecular weight excluding hydrogens is 328 g/mol. The van der Waals surface area contributed by atoms with Crippen LogP contribution in [-0.4, -0.2) is 24.5 Å². The first-order chi connectivity index (χ1) is 12.1. The third-order valence-corrected chi connectivity index (χ3v) is 2.88. The Morgan fingerprint density at radius 3 is 2.32 bits per heavy atom. The number of nitrogens with zero attached hydrogens (tertiary/aromatic N) is 2. The number of benzene rings is 2. The minimum atomic E-state index is -0.960. The number of imide groups is 1. The van der Waals surface area contributed by atoms with Crippen LogP contribution in [0.4, 0.5) is 16.2 Å². The largest absolute Gasteiger partial charge is 0.494 e. The molecule has 0 atom stereocenters. The summed E-state index contributed by atoms with van der Waals surface area (Å²) in [5, 5.41) is 10.8. The maximum absolute atomic E-state index is 12.1. The minimum absolute atomic E-state index is 0.00342. The van der Waals surface area contributed by atoms with Gasteiger partial charge in [0.1, 0.15) is 11.5 Å². The zero-order valence-electron chi connectivity index (χ0n) is 14.0. The molecule has 0 bridgehead atoms. The summed E-state index contributed by atoms with van der Waals surface area (Å²) in [4.78, 5) is 34.2. The van der Waals surface area contributed by atoms with Crippen molar-refractivity contribution < 1.29 is 24.0 Å². The summed E-state index contributed by atoms with van der Waals surface area (Å²) in [6.07, 6.45) is -0.715. The van der Waals surface area contributed by atoms with Crippen molar-refractivity contribution in [2.45, 2.75) is 13.8 Å². The van der Waals surface area contributed by atoms with Crippen molar-refractivity contribution in [3.05, 3.63) is 58.6 Å². The second kappa shape index (κ2) is 9.66. The van der Waals surface area contributed by atoms with Gasteiger partial charge in [-0.25, -0.2) is 9.69 Å². The second-order valence-electron chi connectivity index (χ2n) is 4.27. The maximum Gasteiger partial charge on any atom is 0.426 e. The van der Waals surface area contributed by atoms with Gasteiger partial charge in [0.2, 0.25) is 6.41 Å². The SMILES string of the molecule is CC.COc1cc([N+](=O)[O-])ccc1N(C=O)C(=O)Oc1ccccc1. The van der Waals surface area contributed by atoms with Gasteiger partial charge in [0, 0.05) is 6.07 Å². The number of anilines is 1. The van der Waals surface area contributed by atoms with E-state index in [9.17, 15) is 19.7 Å². The van der Waals surface area contributed by atoms with Gasteiger partial charge in [-0.05, 0) is 18.2 Å². The lowest BCUT2D eigenvalue weighted by Crippen LogP contribution is -2.32. The van der Waals surface area contributed by atoms with Gasteiger partial charge in [0.25, 0.3) is 5.69 Å². The van der Waals surface area contributed by atoms with Crippen LogP contribution in [0.3, 0.4) is 0 Å². The summed E-state index contributed by atoms with van der Waals surface area (Å²) in [5.74, 6) is 0.251. The standard InChI is InChI=1S/C15H12N2O6.C2H6/c1-22-14-9-11(17(20)21)7-8-13(14)16(10-18)15(19)23-12-5-3-2-4-6-12;1-2/h2-10H,1H3;1-2H3. The number of carbonyl (C=O) groups excluding carboxylic acids is 2. The van der Waals surface area contributed by atoms with Crippen LogP contribution in [0.2, 0.25) is 0 Å². The second-order valence-corrected chi connectivity index (χ2v) is 4.27. The highest BCUT2D eigenvalue weighted by atomic mass is 16.6. The van der Waals surface area contributed by atoms with Crippen molar-refractivity contribution in [2.75, 3.05) is 12.0 Å². The monoisotopic (exact) mass is 346 g/mol. The first-order valence-electron chi connectivity index (χ1n) is 7.40. The van der Waals surface area contributed by atoms with Crippen molar-refractivity contribution in [3.63, 3.8) is 0 Å². The van der Waals surface area contributed by atoms with E-state index >= 15 is 0 Å². The van der Waals surface area contributed by atoms with E-state index < -0.39 is 11.0 Å². The Balaban J connectivity index is 0.00000151. The third-order valence-electron chi connectivity index (χ3n) is 2.88. The number of nitro groups is 1. The predicted molar refractivity (Wildman–Crippen MR) is 92.0 cm³/mol. The Morgan fingerprint density at radius 1 is 1.16 bits per heavy atom. The maximum atomic E-state index is 12.1. The van der Waals surface area contributed by atoms with E-state index in [0.29, 0.717) is 4.90 Å². The highest BCUT2D eigenvalue weighted by Gasteiger charge is 2.23. The van der Waals surface area contributed by atoms with E-state index in [1.807, 2.05) is 13.8 Å². The first-order valence-corrected chi connectivity index (χ1v) is 7.40. The number of hydrogen-bond acceptors (Lipinski definition) is 6. The topological polar surface area (TPSA) is 99.0 Å². The van der Waals surface area contributed by atoms with Crippen LogP contribution in [0, 0.1) is 10.1 Å². The molecule has 8 nitrogen and oxygen atoms in total. The predicted octanol–water partition coefficient (Wildman–Crippen LogP) is 3.79. The van der Waals surface area contributed by atoms with Crippen molar-refractivity contribution >= 4 is 23.9 Å². The number of methoxy groups -OCH3 is 1. The van der Waals surface area contributed by atoms with E-state index in [0.717, 1.165) is 12.1 Å². The van der Waals surface area contributed by atoms with Crippen LogP contribution in [0.15, 0.2) is 48.5 Å². The molecule has 8 heteroatoms. The number of rotatable bonds is 5. The Kier molecular flexibility index (Phi) is 7.58. The van der Waals surface area contributed by atoms with Crippen molar-refractivity contribution in [2.24, 2.45) is 0 Å². The summed E-state index contributed by atoms with van der Waals surface area (Å²) in [6, 6.07) is 11.7. The molecule has 0 N–H and O–H groups in total. The average Bonchev–Trinajstić information content (AvgIpc) is 2.64. The molecule has 0 fully saturated rings. The molecule has 0 aliphatic heterocycles. The minimum Gasteiger partial charge on any atom is -0.494 e. The van der Waals surface area contributed by atoms with E-state index in [-0.39, 0.29) is 29.3 Å². The number of ether oxygens (including phenoxy) is 2. The van der Waals surface area contributed by atoms with Crippen LogP contribution in [-0.2, 0) is 4.79 Å². The number of hydrogen-bond donors (Lipinski definition) is 0. The van der Waals surface area contributed by atoms with Gasteiger partial charge in [0.15, 0.2) is 0 Å².